The Kier molecular flexibility index (Phi) is 5.35. The number of anilines is 2. The number of nitrogens with two attached hydrogens (primary N) is 2. The van der Waals surface area contributed by atoms with Crippen LogP contribution in [0, 0.1) is 27.7 Å². The molecule has 2 heteroatoms. The van der Waals surface area contributed by atoms with Crippen molar-refractivity contribution < 1.29 is 0 Å². The quantitative estimate of drug-likeness (QED) is 0.726. The molecule has 0 aliphatic rings. The van der Waals surface area contributed by atoms with E-state index in [1.807, 2.05) is 0 Å². The Labute approximate surface area is 140 Å². The first-order valence-electron chi connectivity index (χ1n) is 8.58. The van der Waals surface area contributed by atoms with Crippen molar-refractivity contribution in [1.29, 1.82) is 0 Å². The van der Waals surface area contributed by atoms with Crippen molar-refractivity contribution in [3.05, 3.63) is 57.6 Å². The van der Waals surface area contributed by atoms with Crippen LogP contribution in [0.3, 0.4) is 0 Å². The summed E-state index contributed by atoms with van der Waals surface area (Å²) in [4.78, 5) is 0. The summed E-state index contributed by atoms with van der Waals surface area (Å²) in [6.07, 6.45) is 3.58. The van der Waals surface area contributed by atoms with Gasteiger partial charge in [-0.3, -0.25) is 0 Å². The number of unbranched alkanes of at least 4 members (excludes halogenated alkanes) is 1. The van der Waals surface area contributed by atoms with Gasteiger partial charge in [-0.15, -0.1) is 0 Å². The molecule has 0 bridgehead atoms. The predicted molar refractivity (Wildman–Crippen MR) is 102 cm³/mol. The maximum Gasteiger partial charge on any atom is 0.0373 e. The molecule has 0 saturated heterocycles. The minimum absolute atomic E-state index is 0.408. The van der Waals surface area contributed by atoms with Crippen LogP contribution in [-0.2, 0) is 0 Å². The zero-order valence-electron chi connectivity index (χ0n) is 15.2. The molecule has 0 amide bonds. The van der Waals surface area contributed by atoms with E-state index in [9.17, 15) is 0 Å². The van der Waals surface area contributed by atoms with E-state index in [0.717, 1.165) is 17.8 Å². The third kappa shape index (κ3) is 3.69. The van der Waals surface area contributed by atoms with Gasteiger partial charge in [0.05, 0.1) is 0 Å². The second-order valence-corrected chi connectivity index (χ2v) is 6.83. The lowest BCUT2D eigenvalue weighted by Gasteiger charge is -2.22. The van der Waals surface area contributed by atoms with E-state index in [2.05, 4.69) is 58.9 Å². The third-order valence-electron chi connectivity index (χ3n) is 4.88. The van der Waals surface area contributed by atoms with Gasteiger partial charge in [-0.25, -0.2) is 0 Å². The fourth-order valence-corrected chi connectivity index (χ4v) is 3.35. The van der Waals surface area contributed by atoms with E-state index < -0.39 is 0 Å². The Morgan fingerprint density at radius 1 is 0.739 bits per heavy atom. The highest BCUT2D eigenvalue weighted by Gasteiger charge is 2.17. The molecule has 23 heavy (non-hydrogen) atoms. The first kappa shape index (κ1) is 17.4. The molecular weight excluding hydrogens is 280 g/mol. The maximum atomic E-state index is 6.14. The summed E-state index contributed by atoms with van der Waals surface area (Å²) in [5, 5.41) is 0. The average Bonchev–Trinajstić information content (AvgIpc) is 2.50. The topological polar surface area (TPSA) is 52.0 Å². The molecule has 124 valence electrons. The molecule has 0 saturated carbocycles. The molecule has 0 fully saturated rings. The van der Waals surface area contributed by atoms with E-state index in [1.165, 1.54) is 46.2 Å². The van der Waals surface area contributed by atoms with Gasteiger partial charge in [-0.1, -0.05) is 44.0 Å². The highest BCUT2D eigenvalue weighted by Crippen LogP contribution is 2.35. The SMILES string of the molecule is CCCCC(c1cc(C)c(N)c(C)c1)c1cc(C)c(N)c(C)c1. The lowest BCUT2D eigenvalue weighted by molar-refractivity contribution is 0.649. The van der Waals surface area contributed by atoms with Crippen LogP contribution >= 0.6 is 0 Å². The molecule has 2 aromatic rings. The molecule has 2 nitrogen and oxygen atoms in total. The summed E-state index contributed by atoms with van der Waals surface area (Å²) in [6.45, 7) is 10.6. The van der Waals surface area contributed by atoms with Gasteiger partial charge in [0.15, 0.2) is 0 Å². The van der Waals surface area contributed by atoms with Crippen LogP contribution in [0.1, 0.15) is 65.5 Å². The van der Waals surface area contributed by atoms with Gasteiger partial charge in [0, 0.05) is 17.3 Å². The fourth-order valence-electron chi connectivity index (χ4n) is 3.35. The lowest BCUT2D eigenvalue weighted by atomic mass is 9.84. The summed E-state index contributed by atoms with van der Waals surface area (Å²) in [5.74, 6) is 0.408. The fraction of sp³-hybridized carbons (Fsp3) is 0.429. The van der Waals surface area contributed by atoms with Crippen molar-refractivity contribution >= 4 is 11.4 Å². The van der Waals surface area contributed by atoms with E-state index in [1.54, 1.807) is 0 Å². The highest BCUT2D eigenvalue weighted by molar-refractivity contribution is 5.58. The Hall–Kier alpha value is -1.96. The number of rotatable bonds is 5. The van der Waals surface area contributed by atoms with Crippen LogP contribution in [0.4, 0.5) is 11.4 Å². The van der Waals surface area contributed by atoms with Gasteiger partial charge in [0.1, 0.15) is 0 Å². The van der Waals surface area contributed by atoms with E-state index in [0.29, 0.717) is 5.92 Å². The molecular formula is C21H30N2. The minimum atomic E-state index is 0.408. The summed E-state index contributed by atoms with van der Waals surface area (Å²) < 4.78 is 0. The van der Waals surface area contributed by atoms with Gasteiger partial charge in [-0.2, -0.15) is 0 Å². The van der Waals surface area contributed by atoms with Crippen LogP contribution in [0.5, 0.6) is 0 Å². The minimum Gasteiger partial charge on any atom is -0.398 e. The smallest absolute Gasteiger partial charge is 0.0373 e. The second kappa shape index (κ2) is 7.08. The monoisotopic (exact) mass is 310 g/mol. The number of nitrogen functional groups attached to an aromatic ring is 2. The zero-order valence-corrected chi connectivity index (χ0v) is 15.2. The van der Waals surface area contributed by atoms with Gasteiger partial charge < -0.3 is 11.5 Å². The average molecular weight is 310 g/mol. The van der Waals surface area contributed by atoms with Crippen LogP contribution < -0.4 is 11.5 Å². The summed E-state index contributed by atoms with van der Waals surface area (Å²) in [6, 6.07) is 9.01. The molecule has 0 unspecified atom stereocenters. The van der Waals surface area contributed by atoms with Gasteiger partial charge in [0.25, 0.3) is 0 Å². The van der Waals surface area contributed by atoms with Crippen LogP contribution in [0.25, 0.3) is 0 Å². The lowest BCUT2D eigenvalue weighted by Crippen LogP contribution is -2.06. The molecule has 0 radical (unpaired) electrons. The zero-order chi connectivity index (χ0) is 17.1. The van der Waals surface area contributed by atoms with Gasteiger partial charge in [0.2, 0.25) is 0 Å². The summed E-state index contributed by atoms with van der Waals surface area (Å²) in [7, 11) is 0. The van der Waals surface area contributed by atoms with E-state index in [-0.39, 0.29) is 0 Å². The first-order valence-corrected chi connectivity index (χ1v) is 8.58. The number of hydrogen-bond acceptors (Lipinski definition) is 2. The molecule has 0 aliphatic carbocycles. The van der Waals surface area contributed by atoms with Crippen molar-refractivity contribution in [2.75, 3.05) is 11.5 Å². The number of aryl methyl sites for hydroxylation is 4. The first-order chi connectivity index (χ1) is 10.8. The summed E-state index contributed by atoms with van der Waals surface area (Å²) in [5.41, 5.74) is 21.5. The van der Waals surface area contributed by atoms with Crippen molar-refractivity contribution in [1.82, 2.24) is 0 Å². The molecule has 2 aromatic carbocycles. The molecule has 4 N–H and O–H groups in total. The standard InChI is InChI=1S/C21H30N2/c1-6-7-8-19(17-9-13(2)20(22)14(3)10-17)18-11-15(4)21(23)16(5)12-18/h9-12,19H,6-8,22-23H2,1-5H3. The normalized spacial score (nSPS) is 11.2. The summed E-state index contributed by atoms with van der Waals surface area (Å²) >= 11 is 0. The molecule has 2 rings (SSSR count). The Morgan fingerprint density at radius 3 is 1.39 bits per heavy atom. The Bertz CT molecular complexity index is 597. The molecule has 0 aliphatic heterocycles. The van der Waals surface area contributed by atoms with Crippen molar-refractivity contribution in [3.8, 4) is 0 Å². The highest BCUT2D eigenvalue weighted by atomic mass is 14.6. The van der Waals surface area contributed by atoms with E-state index in [4.69, 9.17) is 11.5 Å². The van der Waals surface area contributed by atoms with Crippen LogP contribution in [0.15, 0.2) is 24.3 Å². The second-order valence-electron chi connectivity index (χ2n) is 6.83. The third-order valence-corrected chi connectivity index (χ3v) is 4.88. The maximum absolute atomic E-state index is 6.14. The van der Waals surface area contributed by atoms with Crippen molar-refractivity contribution in [2.24, 2.45) is 0 Å². The predicted octanol–water partition coefficient (Wildman–Crippen LogP) is 5.41. The Balaban J connectivity index is 2.53. The van der Waals surface area contributed by atoms with Crippen LogP contribution in [-0.4, -0.2) is 0 Å². The van der Waals surface area contributed by atoms with Crippen molar-refractivity contribution in [3.63, 3.8) is 0 Å². The van der Waals surface area contributed by atoms with Gasteiger partial charge >= 0.3 is 0 Å². The molecule has 0 heterocycles. The largest absolute Gasteiger partial charge is 0.398 e. The van der Waals surface area contributed by atoms with Gasteiger partial charge in [-0.05, 0) is 67.5 Å². The number of hydrogen-bond donors (Lipinski definition) is 2. The van der Waals surface area contributed by atoms with E-state index >= 15 is 0 Å². The van der Waals surface area contributed by atoms with Crippen LogP contribution in [0.2, 0.25) is 0 Å². The van der Waals surface area contributed by atoms with Crippen molar-refractivity contribution in [2.45, 2.75) is 59.8 Å². The number of benzene rings is 2. The Morgan fingerprint density at radius 2 is 1.09 bits per heavy atom. The molecule has 0 atom stereocenters. The molecule has 0 spiro atoms. The molecule has 0 aromatic heterocycles.